The van der Waals surface area contributed by atoms with E-state index < -0.39 is 10.0 Å². The normalized spacial score (nSPS) is 14.0. The molecule has 4 aromatic rings. The Morgan fingerprint density at radius 3 is 2.22 bits per heavy atom. The molecular formula is C27H25N5O4S. The average molecular weight is 516 g/mol. The average Bonchev–Trinajstić information content (AvgIpc) is 2.93. The van der Waals surface area contributed by atoms with Crippen molar-refractivity contribution in [3.63, 3.8) is 0 Å². The van der Waals surface area contributed by atoms with Crippen molar-refractivity contribution in [2.75, 3.05) is 30.9 Å². The molecule has 2 aromatic heterocycles. The Hall–Kier alpha value is -4.31. The van der Waals surface area contributed by atoms with Crippen molar-refractivity contribution in [2.24, 2.45) is 0 Å². The Morgan fingerprint density at radius 1 is 0.811 bits per heavy atom. The summed E-state index contributed by atoms with van der Waals surface area (Å²) < 4.78 is 29.0. The van der Waals surface area contributed by atoms with Gasteiger partial charge in [0.2, 0.25) is 0 Å². The number of hydrogen-bond acceptors (Lipinski definition) is 6. The van der Waals surface area contributed by atoms with E-state index >= 15 is 0 Å². The Balaban J connectivity index is 1.27. The Morgan fingerprint density at radius 2 is 1.51 bits per heavy atom. The Labute approximate surface area is 214 Å². The number of amides is 2. The number of rotatable bonds is 5. The third-order valence-corrected chi connectivity index (χ3v) is 7.74. The maximum absolute atomic E-state index is 13.2. The third-order valence-electron chi connectivity index (χ3n) is 6.34. The van der Waals surface area contributed by atoms with Crippen LogP contribution in [0.25, 0.3) is 10.9 Å². The lowest BCUT2D eigenvalue weighted by atomic mass is 10.1. The fraction of sp³-hybridized carbons (Fsp3) is 0.185. The molecule has 0 unspecified atom stereocenters. The van der Waals surface area contributed by atoms with E-state index in [-0.39, 0.29) is 16.7 Å². The zero-order valence-corrected chi connectivity index (χ0v) is 21.0. The van der Waals surface area contributed by atoms with Crippen LogP contribution in [0.2, 0.25) is 0 Å². The van der Waals surface area contributed by atoms with Crippen LogP contribution in [0.1, 0.15) is 26.4 Å². The highest BCUT2D eigenvalue weighted by Crippen LogP contribution is 2.25. The van der Waals surface area contributed by atoms with Crippen LogP contribution in [0.4, 0.5) is 5.69 Å². The van der Waals surface area contributed by atoms with Crippen LogP contribution in [-0.4, -0.2) is 66.2 Å². The van der Waals surface area contributed by atoms with Crippen LogP contribution in [0, 0.1) is 6.92 Å². The molecule has 1 fully saturated rings. The Bertz CT molecular complexity index is 1580. The number of benzene rings is 2. The summed E-state index contributed by atoms with van der Waals surface area (Å²) in [5.74, 6) is -0.317. The number of hydrogen-bond donors (Lipinski definition) is 1. The first-order chi connectivity index (χ1) is 17.8. The van der Waals surface area contributed by atoms with Crippen LogP contribution in [0.15, 0.2) is 84.0 Å². The second-order valence-electron chi connectivity index (χ2n) is 8.77. The summed E-state index contributed by atoms with van der Waals surface area (Å²) in [7, 11) is -3.90. The summed E-state index contributed by atoms with van der Waals surface area (Å²) in [5, 5.41) is 0.727. The van der Waals surface area contributed by atoms with E-state index in [2.05, 4.69) is 14.7 Å². The quantitative estimate of drug-likeness (QED) is 0.436. The lowest BCUT2D eigenvalue weighted by molar-refractivity contribution is 0.0532. The van der Waals surface area contributed by atoms with Crippen LogP contribution in [-0.2, 0) is 10.0 Å². The van der Waals surface area contributed by atoms with Crippen molar-refractivity contribution < 1.29 is 18.0 Å². The van der Waals surface area contributed by atoms with Gasteiger partial charge in [0.15, 0.2) is 0 Å². The molecule has 0 bridgehead atoms. The number of nitrogens with zero attached hydrogens (tertiary/aromatic N) is 4. The van der Waals surface area contributed by atoms with Gasteiger partial charge in [-0.25, -0.2) is 8.42 Å². The lowest BCUT2D eigenvalue weighted by Gasteiger charge is -2.34. The molecule has 0 spiro atoms. The second kappa shape index (κ2) is 9.98. The highest BCUT2D eigenvalue weighted by Gasteiger charge is 2.26. The molecular weight excluding hydrogens is 490 g/mol. The molecule has 1 N–H and O–H groups in total. The van der Waals surface area contributed by atoms with Gasteiger partial charge in [-0.05, 0) is 55.0 Å². The van der Waals surface area contributed by atoms with Gasteiger partial charge in [-0.15, -0.1) is 0 Å². The van der Waals surface area contributed by atoms with Gasteiger partial charge < -0.3 is 9.80 Å². The summed E-state index contributed by atoms with van der Waals surface area (Å²) >= 11 is 0. The molecule has 188 valence electrons. The molecule has 9 nitrogen and oxygen atoms in total. The number of fused-ring (bicyclic) bond motifs is 1. The highest BCUT2D eigenvalue weighted by atomic mass is 32.2. The van der Waals surface area contributed by atoms with Crippen molar-refractivity contribution in [1.29, 1.82) is 0 Å². The lowest BCUT2D eigenvalue weighted by Crippen LogP contribution is -2.50. The number of anilines is 1. The molecule has 0 aliphatic carbocycles. The summed E-state index contributed by atoms with van der Waals surface area (Å²) in [4.78, 5) is 37.6. The largest absolute Gasteiger partial charge is 0.335 e. The molecule has 1 saturated heterocycles. The molecule has 2 amide bonds. The highest BCUT2D eigenvalue weighted by molar-refractivity contribution is 7.93. The predicted octanol–water partition coefficient (Wildman–Crippen LogP) is 3.34. The van der Waals surface area contributed by atoms with Crippen molar-refractivity contribution in [3.05, 3.63) is 95.9 Å². The van der Waals surface area contributed by atoms with Gasteiger partial charge in [0.25, 0.3) is 21.8 Å². The van der Waals surface area contributed by atoms with Crippen LogP contribution >= 0.6 is 0 Å². The number of pyridine rings is 2. The summed E-state index contributed by atoms with van der Waals surface area (Å²) in [6, 6.07) is 18.6. The minimum Gasteiger partial charge on any atom is -0.335 e. The van der Waals surface area contributed by atoms with Crippen LogP contribution < -0.4 is 4.72 Å². The summed E-state index contributed by atoms with van der Waals surface area (Å²) in [6.07, 6.45) is 3.14. The smallest absolute Gasteiger partial charge is 0.272 e. The van der Waals surface area contributed by atoms with Crippen molar-refractivity contribution in [3.8, 4) is 0 Å². The van der Waals surface area contributed by atoms with Gasteiger partial charge in [0.1, 0.15) is 10.6 Å². The molecule has 2 aromatic carbocycles. The molecule has 10 heteroatoms. The minimum atomic E-state index is -3.90. The number of aromatic nitrogens is 2. The summed E-state index contributed by atoms with van der Waals surface area (Å²) in [6.45, 7) is 3.38. The fourth-order valence-electron chi connectivity index (χ4n) is 4.35. The first-order valence-corrected chi connectivity index (χ1v) is 13.3. The van der Waals surface area contributed by atoms with E-state index in [9.17, 15) is 18.0 Å². The Kier molecular flexibility index (Phi) is 6.58. The van der Waals surface area contributed by atoms with Gasteiger partial charge in [0.05, 0.1) is 11.2 Å². The third kappa shape index (κ3) is 5.01. The van der Waals surface area contributed by atoms with E-state index in [4.69, 9.17) is 0 Å². The minimum absolute atomic E-state index is 0.0864. The van der Waals surface area contributed by atoms with Crippen LogP contribution in [0.3, 0.4) is 0 Å². The van der Waals surface area contributed by atoms with Gasteiger partial charge in [-0.2, -0.15) is 0 Å². The van der Waals surface area contributed by atoms with E-state index in [0.29, 0.717) is 54.2 Å². The number of carbonyl (C=O) groups is 2. The van der Waals surface area contributed by atoms with Gasteiger partial charge in [0, 0.05) is 49.5 Å². The number of carbonyl (C=O) groups excluding carboxylic acids is 2. The van der Waals surface area contributed by atoms with Crippen molar-refractivity contribution in [2.45, 2.75) is 11.8 Å². The van der Waals surface area contributed by atoms with E-state index in [1.165, 1.54) is 6.07 Å². The van der Waals surface area contributed by atoms with Gasteiger partial charge >= 0.3 is 0 Å². The first-order valence-electron chi connectivity index (χ1n) is 11.8. The molecule has 0 atom stereocenters. The number of para-hydroxylation sites is 1. The standard InChI is InChI=1S/C27H25N5O4S/c1-19-18-21(26(33)31-14-16-32(17-15-31)27(34)23-8-2-3-12-28-23)10-11-22(19)30-37(35,36)24-9-4-6-20-7-5-13-29-25(20)24/h2-13,18,30H,14-17H2,1H3. The molecule has 0 radical (unpaired) electrons. The molecule has 1 aliphatic rings. The van der Waals surface area contributed by atoms with Crippen molar-refractivity contribution >= 4 is 38.4 Å². The molecule has 37 heavy (non-hydrogen) atoms. The van der Waals surface area contributed by atoms with Gasteiger partial charge in [-0.1, -0.05) is 24.3 Å². The molecule has 1 aliphatic heterocycles. The SMILES string of the molecule is Cc1cc(C(=O)N2CCN(C(=O)c3ccccn3)CC2)ccc1NS(=O)(=O)c1cccc2cccnc12. The first kappa shape index (κ1) is 24.4. The van der Waals surface area contributed by atoms with E-state index in [0.717, 1.165) is 5.39 Å². The molecule has 0 saturated carbocycles. The number of piperazine rings is 1. The van der Waals surface area contributed by atoms with E-state index in [1.807, 2.05) is 0 Å². The monoisotopic (exact) mass is 515 g/mol. The van der Waals surface area contributed by atoms with Gasteiger partial charge in [-0.3, -0.25) is 24.3 Å². The predicted molar refractivity (Wildman–Crippen MR) is 140 cm³/mol. The number of aryl methyl sites for hydroxylation is 1. The maximum atomic E-state index is 13.2. The number of nitrogens with one attached hydrogen (secondary N) is 1. The zero-order valence-electron chi connectivity index (χ0n) is 20.2. The topological polar surface area (TPSA) is 113 Å². The fourth-order valence-corrected chi connectivity index (χ4v) is 5.66. The number of sulfonamides is 1. The molecule has 3 heterocycles. The zero-order chi connectivity index (χ0) is 26.0. The summed E-state index contributed by atoms with van der Waals surface area (Å²) in [5.41, 5.74) is 2.23. The maximum Gasteiger partial charge on any atom is 0.272 e. The second-order valence-corrected chi connectivity index (χ2v) is 10.4. The van der Waals surface area contributed by atoms with Crippen molar-refractivity contribution in [1.82, 2.24) is 19.8 Å². The van der Waals surface area contributed by atoms with Crippen LogP contribution in [0.5, 0.6) is 0 Å². The molecule has 5 rings (SSSR count). The van der Waals surface area contributed by atoms with E-state index in [1.54, 1.807) is 89.8 Å².